The van der Waals surface area contributed by atoms with Crippen LogP contribution in [0.4, 0.5) is 0 Å². The zero-order valence-electron chi connectivity index (χ0n) is 17.9. The Kier molecular flexibility index (Phi) is 7.39. The summed E-state index contributed by atoms with van der Waals surface area (Å²) in [4.78, 5) is 17.0. The summed E-state index contributed by atoms with van der Waals surface area (Å²) < 4.78 is 35.4. The lowest BCUT2D eigenvalue weighted by Crippen LogP contribution is -2.32. The van der Waals surface area contributed by atoms with E-state index in [1.54, 1.807) is 12.1 Å². The van der Waals surface area contributed by atoms with Gasteiger partial charge in [0, 0.05) is 31.5 Å². The van der Waals surface area contributed by atoms with Crippen LogP contribution in [0.1, 0.15) is 28.8 Å². The first-order valence-corrected chi connectivity index (χ1v) is 12.5. The molecule has 1 aliphatic rings. The van der Waals surface area contributed by atoms with Crippen molar-refractivity contribution in [3.63, 3.8) is 0 Å². The van der Waals surface area contributed by atoms with E-state index in [0.717, 1.165) is 18.4 Å². The molecule has 1 aromatic heterocycles. The average molecular weight is 486 g/mol. The number of sulfonamides is 1. The van der Waals surface area contributed by atoms with Crippen LogP contribution in [0.25, 0.3) is 0 Å². The fourth-order valence-electron chi connectivity index (χ4n) is 3.58. The van der Waals surface area contributed by atoms with Crippen LogP contribution in [0.15, 0.2) is 82.8 Å². The van der Waals surface area contributed by atoms with E-state index >= 15 is 0 Å². The number of halogens is 1. The third-order valence-electron chi connectivity index (χ3n) is 5.32. The van der Waals surface area contributed by atoms with Crippen molar-refractivity contribution in [2.45, 2.75) is 30.4 Å². The number of carbonyl (C=O) groups excluding carboxylic acids is 1. The Balaban J connectivity index is 1.59. The number of carbonyl (C=O) groups is 1. The Labute approximate surface area is 197 Å². The second kappa shape index (κ2) is 10.4. The van der Waals surface area contributed by atoms with Crippen molar-refractivity contribution in [1.29, 1.82) is 0 Å². The minimum Gasteiger partial charge on any atom is -0.377 e. The molecule has 1 amide bonds. The smallest absolute Gasteiger partial charge is 0.278 e. The molecule has 7 nitrogen and oxygen atoms in total. The molecule has 0 radical (unpaired) electrons. The van der Waals surface area contributed by atoms with Gasteiger partial charge in [0.25, 0.3) is 5.91 Å². The molecule has 172 valence electrons. The fourth-order valence-corrected chi connectivity index (χ4v) is 5.17. The highest BCUT2D eigenvalue weighted by molar-refractivity contribution is 7.89. The van der Waals surface area contributed by atoms with Crippen LogP contribution in [0.2, 0.25) is 5.02 Å². The third-order valence-corrected chi connectivity index (χ3v) is 7.23. The molecule has 1 aliphatic heterocycles. The number of nitrogens with one attached hydrogen (secondary N) is 1. The number of hydrogen-bond donors (Lipinski definition) is 1. The lowest BCUT2D eigenvalue weighted by molar-refractivity contribution is 0.0997. The SMILES string of the molecule is O=C(N=c1ccccn1Cc1ccccc1)c1ccc(Cl)c(S(=O)(=O)NCC2CCCO2)c1. The van der Waals surface area contributed by atoms with Crippen molar-refractivity contribution in [2.24, 2.45) is 4.99 Å². The van der Waals surface area contributed by atoms with E-state index < -0.39 is 15.9 Å². The molecule has 2 aromatic carbocycles. The summed E-state index contributed by atoms with van der Waals surface area (Å²) in [5.41, 5.74) is 1.66. The minimum absolute atomic E-state index is 0.0326. The molecule has 2 heterocycles. The molecule has 0 bridgehead atoms. The van der Waals surface area contributed by atoms with Crippen LogP contribution in [0.5, 0.6) is 0 Å². The minimum atomic E-state index is -3.92. The zero-order valence-corrected chi connectivity index (χ0v) is 19.4. The molecule has 9 heteroatoms. The van der Waals surface area contributed by atoms with Crippen molar-refractivity contribution in [1.82, 2.24) is 9.29 Å². The average Bonchev–Trinajstić information content (AvgIpc) is 3.34. The van der Waals surface area contributed by atoms with Gasteiger partial charge in [-0.05, 0) is 48.7 Å². The number of aromatic nitrogens is 1. The maximum atomic E-state index is 12.9. The second-order valence-electron chi connectivity index (χ2n) is 7.72. The first kappa shape index (κ1) is 23.4. The molecular formula is C24H24ClN3O4S. The van der Waals surface area contributed by atoms with Crippen LogP contribution >= 0.6 is 11.6 Å². The van der Waals surface area contributed by atoms with Gasteiger partial charge in [0.15, 0.2) is 0 Å². The highest BCUT2D eigenvalue weighted by Crippen LogP contribution is 2.23. The molecular weight excluding hydrogens is 462 g/mol. The van der Waals surface area contributed by atoms with Gasteiger partial charge >= 0.3 is 0 Å². The molecule has 33 heavy (non-hydrogen) atoms. The molecule has 0 spiro atoms. The number of ether oxygens (including phenoxy) is 1. The quantitative estimate of drug-likeness (QED) is 0.555. The van der Waals surface area contributed by atoms with Crippen LogP contribution in [-0.4, -0.2) is 38.1 Å². The van der Waals surface area contributed by atoms with Gasteiger partial charge in [-0.3, -0.25) is 4.79 Å². The molecule has 1 saturated heterocycles. The van der Waals surface area contributed by atoms with E-state index in [4.69, 9.17) is 16.3 Å². The normalized spacial score (nSPS) is 16.8. The highest BCUT2D eigenvalue weighted by atomic mass is 35.5. The molecule has 3 aromatic rings. The monoisotopic (exact) mass is 485 g/mol. The van der Waals surface area contributed by atoms with Gasteiger partial charge in [0.1, 0.15) is 10.4 Å². The van der Waals surface area contributed by atoms with E-state index in [1.165, 1.54) is 18.2 Å². The van der Waals surface area contributed by atoms with Crippen molar-refractivity contribution < 1.29 is 17.9 Å². The van der Waals surface area contributed by atoms with Gasteiger partial charge in [-0.15, -0.1) is 0 Å². The maximum Gasteiger partial charge on any atom is 0.278 e. The highest BCUT2D eigenvalue weighted by Gasteiger charge is 2.23. The summed E-state index contributed by atoms with van der Waals surface area (Å²) in [5, 5.41) is 0.0326. The maximum absolute atomic E-state index is 12.9. The van der Waals surface area contributed by atoms with Crippen molar-refractivity contribution >= 4 is 27.5 Å². The summed E-state index contributed by atoms with van der Waals surface area (Å²) >= 11 is 6.16. The van der Waals surface area contributed by atoms with E-state index in [-0.39, 0.29) is 28.1 Å². The Morgan fingerprint density at radius 2 is 1.91 bits per heavy atom. The number of hydrogen-bond acceptors (Lipinski definition) is 4. The van der Waals surface area contributed by atoms with E-state index in [9.17, 15) is 13.2 Å². The van der Waals surface area contributed by atoms with Gasteiger partial charge in [-0.2, -0.15) is 4.99 Å². The Hall–Kier alpha value is -2.78. The fraction of sp³-hybridized carbons (Fsp3) is 0.250. The van der Waals surface area contributed by atoms with Crippen LogP contribution < -0.4 is 10.2 Å². The Morgan fingerprint density at radius 1 is 1.12 bits per heavy atom. The van der Waals surface area contributed by atoms with Gasteiger partial charge in [-0.25, -0.2) is 13.1 Å². The van der Waals surface area contributed by atoms with Crippen LogP contribution in [-0.2, 0) is 21.3 Å². The number of amides is 1. The number of benzene rings is 2. The van der Waals surface area contributed by atoms with Crippen LogP contribution in [0.3, 0.4) is 0 Å². The summed E-state index contributed by atoms with van der Waals surface area (Å²) in [5.74, 6) is -0.560. The Bertz CT molecular complexity index is 1300. The molecule has 1 fully saturated rings. The summed E-state index contributed by atoms with van der Waals surface area (Å²) in [6, 6.07) is 19.3. The lowest BCUT2D eigenvalue weighted by atomic mass is 10.2. The molecule has 4 rings (SSSR count). The predicted octanol–water partition coefficient (Wildman–Crippen LogP) is 3.39. The van der Waals surface area contributed by atoms with Crippen molar-refractivity contribution in [3.8, 4) is 0 Å². The van der Waals surface area contributed by atoms with E-state index in [2.05, 4.69) is 9.71 Å². The summed E-state index contributed by atoms with van der Waals surface area (Å²) in [6.45, 7) is 1.33. The third kappa shape index (κ3) is 5.97. The Morgan fingerprint density at radius 3 is 2.67 bits per heavy atom. The van der Waals surface area contributed by atoms with Gasteiger partial charge in [-0.1, -0.05) is 48.0 Å². The molecule has 1 unspecified atom stereocenters. The van der Waals surface area contributed by atoms with Gasteiger partial charge < -0.3 is 9.30 Å². The molecule has 0 aliphatic carbocycles. The topological polar surface area (TPSA) is 89.8 Å². The van der Waals surface area contributed by atoms with E-state index in [1.807, 2.05) is 47.2 Å². The van der Waals surface area contributed by atoms with Crippen molar-refractivity contribution in [3.05, 3.63) is 94.6 Å². The largest absolute Gasteiger partial charge is 0.377 e. The van der Waals surface area contributed by atoms with Crippen LogP contribution in [0, 0.1) is 0 Å². The number of nitrogens with zero attached hydrogens (tertiary/aromatic N) is 2. The van der Waals surface area contributed by atoms with E-state index in [0.29, 0.717) is 18.6 Å². The summed E-state index contributed by atoms with van der Waals surface area (Å²) in [6.07, 6.45) is 3.39. The first-order chi connectivity index (χ1) is 15.9. The van der Waals surface area contributed by atoms with Crippen molar-refractivity contribution in [2.75, 3.05) is 13.2 Å². The standard InChI is InChI=1S/C24H24ClN3O4S/c25-21-12-11-19(15-22(21)33(30,31)26-16-20-9-6-14-32-20)24(29)27-23-10-4-5-13-28(23)17-18-7-2-1-3-8-18/h1-5,7-8,10-13,15,20,26H,6,9,14,16-17H2. The zero-order chi connectivity index (χ0) is 23.3. The first-order valence-electron chi connectivity index (χ1n) is 10.6. The second-order valence-corrected chi connectivity index (χ2v) is 9.86. The number of rotatable bonds is 7. The molecule has 0 saturated carbocycles. The van der Waals surface area contributed by atoms with Gasteiger partial charge in [0.2, 0.25) is 10.0 Å². The predicted molar refractivity (Wildman–Crippen MR) is 125 cm³/mol. The lowest BCUT2D eigenvalue weighted by Gasteiger charge is -2.13. The molecule has 1 atom stereocenters. The number of pyridine rings is 1. The molecule has 1 N–H and O–H groups in total. The van der Waals surface area contributed by atoms with Gasteiger partial charge in [0.05, 0.1) is 11.1 Å². The summed E-state index contributed by atoms with van der Waals surface area (Å²) in [7, 11) is -3.92.